The summed E-state index contributed by atoms with van der Waals surface area (Å²) in [5, 5.41) is 0. The van der Waals surface area contributed by atoms with Gasteiger partial charge in [0, 0.05) is 19.3 Å². The molecule has 1 unspecified atom stereocenters. The van der Waals surface area contributed by atoms with Crippen LogP contribution in [0, 0.1) is 0 Å². The third kappa shape index (κ3) is 53.4. The second-order valence-electron chi connectivity index (χ2n) is 18.5. The molecule has 0 bridgehead atoms. The van der Waals surface area contributed by atoms with Crippen LogP contribution in [0.4, 0.5) is 0 Å². The lowest BCUT2D eigenvalue weighted by molar-refractivity contribution is -0.167. The molecule has 0 aromatic rings. The van der Waals surface area contributed by atoms with E-state index in [1.807, 2.05) is 0 Å². The van der Waals surface area contributed by atoms with Crippen molar-refractivity contribution in [3.05, 3.63) is 85.1 Å². The van der Waals surface area contributed by atoms with Crippen molar-refractivity contribution in [2.75, 3.05) is 13.2 Å². The Kier molecular flexibility index (Phi) is 52.4. The molecule has 6 nitrogen and oxygen atoms in total. The van der Waals surface area contributed by atoms with Crippen molar-refractivity contribution in [1.29, 1.82) is 0 Å². The molecule has 384 valence electrons. The van der Waals surface area contributed by atoms with Gasteiger partial charge in [-0.3, -0.25) is 14.4 Å². The van der Waals surface area contributed by atoms with E-state index in [2.05, 4.69) is 106 Å². The van der Waals surface area contributed by atoms with Crippen molar-refractivity contribution >= 4 is 17.9 Å². The fourth-order valence-electron chi connectivity index (χ4n) is 7.67. The molecule has 0 aliphatic carbocycles. The minimum atomic E-state index is -0.802. The average Bonchev–Trinajstić information content (AvgIpc) is 3.33. The summed E-state index contributed by atoms with van der Waals surface area (Å²) in [6.45, 7) is 6.46. The van der Waals surface area contributed by atoms with Gasteiger partial charge in [-0.1, -0.05) is 228 Å². The van der Waals surface area contributed by atoms with Crippen molar-refractivity contribution < 1.29 is 28.6 Å². The number of carbonyl (C=O) groups is 3. The van der Waals surface area contributed by atoms with Gasteiger partial charge < -0.3 is 14.2 Å². The number of rotatable bonds is 50. The summed E-state index contributed by atoms with van der Waals surface area (Å²) >= 11 is 0. The lowest BCUT2D eigenvalue weighted by Gasteiger charge is -2.18. The number of unbranched alkanes of at least 4 members (excludes halogenated alkanes) is 27. The molecule has 6 heteroatoms. The standard InChI is InChI=1S/C61H104O6/c1-4-7-10-13-16-19-22-25-28-30-31-32-34-36-39-42-45-48-51-54-60(63)66-57-58(56-65-59(62)53-50-47-44-41-38-35-27-24-21-18-15-12-9-6-3)67-61(64)55-52-49-46-43-40-37-33-29-26-23-20-17-14-11-8-5-2/h9,12,16,18-19,21-22,25,27,29,33,35,37,40,58H,4-8,10-11,13-15,17,20,23-24,26,28,30-32,34,36,38-39,41-57H2,1-3H3/b12-9-,19-16-,21-18-,25-22-,33-29-,35-27-,40-37-. The highest BCUT2D eigenvalue weighted by Gasteiger charge is 2.19. The van der Waals surface area contributed by atoms with E-state index in [9.17, 15) is 14.4 Å². The fourth-order valence-corrected chi connectivity index (χ4v) is 7.67. The molecular formula is C61H104O6. The van der Waals surface area contributed by atoms with Crippen LogP contribution in [0.1, 0.15) is 265 Å². The molecule has 0 aromatic carbocycles. The minimum Gasteiger partial charge on any atom is -0.462 e. The van der Waals surface area contributed by atoms with E-state index in [-0.39, 0.29) is 37.5 Å². The van der Waals surface area contributed by atoms with Crippen LogP contribution in [0.5, 0.6) is 0 Å². The Labute approximate surface area is 414 Å². The summed E-state index contributed by atoms with van der Waals surface area (Å²) in [6, 6.07) is 0. The third-order valence-corrected chi connectivity index (χ3v) is 11.9. The van der Waals surface area contributed by atoms with Gasteiger partial charge in [0.15, 0.2) is 6.10 Å². The second-order valence-corrected chi connectivity index (χ2v) is 18.5. The maximum absolute atomic E-state index is 12.8. The molecule has 0 aromatic heterocycles. The van der Waals surface area contributed by atoms with Crippen LogP contribution in [0.3, 0.4) is 0 Å². The fraction of sp³-hybridized carbons (Fsp3) is 0.721. The van der Waals surface area contributed by atoms with Gasteiger partial charge in [-0.15, -0.1) is 0 Å². The minimum absolute atomic E-state index is 0.0964. The van der Waals surface area contributed by atoms with E-state index in [0.29, 0.717) is 12.8 Å². The second kappa shape index (κ2) is 55.2. The normalized spacial score (nSPS) is 12.7. The molecule has 0 heterocycles. The first-order chi connectivity index (χ1) is 33.0. The molecule has 0 N–H and O–H groups in total. The molecule has 0 saturated heterocycles. The molecule has 0 aliphatic heterocycles. The van der Waals surface area contributed by atoms with Gasteiger partial charge in [-0.25, -0.2) is 0 Å². The average molecular weight is 933 g/mol. The Hall–Kier alpha value is -3.41. The van der Waals surface area contributed by atoms with E-state index in [0.717, 1.165) is 103 Å². The first-order valence-electron chi connectivity index (χ1n) is 28.1. The maximum Gasteiger partial charge on any atom is 0.306 e. The van der Waals surface area contributed by atoms with Crippen molar-refractivity contribution in [2.45, 2.75) is 271 Å². The van der Waals surface area contributed by atoms with Gasteiger partial charge in [0.1, 0.15) is 13.2 Å². The Morgan fingerprint density at radius 1 is 0.328 bits per heavy atom. The highest BCUT2D eigenvalue weighted by Crippen LogP contribution is 2.14. The summed E-state index contributed by atoms with van der Waals surface area (Å²) < 4.78 is 16.8. The topological polar surface area (TPSA) is 78.9 Å². The quantitative estimate of drug-likeness (QED) is 0.0199. The molecule has 0 saturated carbocycles. The largest absolute Gasteiger partial charge is 0.462 e. The van der Waals surface area contributed by atoms with Gasteiger partial charge in [-0.05, 0) is 103 Å². The van der Waals surface area contributed by atoms with E-state index >= 15 is 0 Å². The summed E-state index contributed by atoms with van der Waals surface area (Å²) in [7, 11) is 0. The summed E-state index contributed by atoms with van der Waals surface area (Å²) in [6.07, 6.45) is 71.4. The number of esters is 3. The maximum atomic E-state index is 12.8. The van der Waals surface area contributed by atoms with Gasteiger partial charge in [0.25, 0.3) is 0 Å². The van der Waals surface area contributed by atoms with Gasteiger partial charge in [-0.2, -0.15) is 0 Å². The molecule has 0 fully saturated rings. The Balaban J connectivity index is 4.44. The van der Waals surface area contributed by atoms with Crippen molar-refractivity contribution in [2.24, 2.45) is 0 Å². The van der Waals surface area contributed by atoms with Gasteiger partial charge >= 0.3 is 17.9 Å². The number of allylic oxidation sites excluding steroid dienone is 14. The van der Waals surface area contributed by atoms with E-state index < -0.39 is 6.10 Å². The lowest BCUT2D eigenvalue weighted by atomic mass is 10.1. The molecular weight excluding hydrogens is 829 g/mol. The number of ether oxygens (including phenoxy) is 3. The molecule has 0 rings (SSSR count). The summed E-state index contributed by atoms with van der Waals surface area (Å²) in [4.78, 5) is 38.1. The highest BCUT2D eigenvalue weighted by molar-refractivity contribution is 5.71. The molecule has 0 radical (unpaired) electrons. The first kappa shape index (κ1) is 63.6. The van der Waals surface area contributed by atoms with Crippen LogP contribution < -0.4 is 0 Å². The predicted octanol–water partition coefficient (Wildman–Crippen LogP) is 18.8. The van der Waals surface area contributed by atoms with Crippen LogP contribution >= 0.6 is 0 Å². The third-order valence-electron chi connectivity index (χ3n) is 11.9. The zero-order valence-corrected chi connectivity index (χ0v) is 43.9. The zero-order valence-electron chi connectivity index (χ0n) is 43.9. The monoisotopic (exact) mass is 933 g/mol. The molecule has 67 heavy (non-hydrogen) atoms. The van der Waals surface area contributed by atoms with Crippen LogP contribution in [-0.4, -0.2) is 37.2 Å². The van der Waals surface area contributed by atoms with E-state index in [1.165, 1.54) is 122 Å². The van der Waals surface area contributed by atoms with Crippen molar-refractivity contribution in [3.8, 4) is 0 Å². The zero-order chi connectivity index (χ0) is 48.6. The summed E-state index contributed by atoms with van der Waals surface area (Å²) in [5.74, 6) is -0.946. The SMILES string of the molecule is CC/C=C\C/C=C\C/C=C\CCCCCCC(=O)OCC(COC(=O)CCCCCCCCCCCC/C=C\C=C/CCCCC)OC(=O)CCCCC/C=C\C=C/CCCCCCCCC. The van der Waals surface area contributed by atoms with E-state index in [4.69, 9.17) is 14.2 Å². The van der Waals surface area contributed by atoms with Crippen LogP contribution in [0.15, 0.2) is 85.1 Å². The van der Waals surface area contributed by atoms with Crippen LogP contribution in [-0.2, 0) is 28.6 Å². The number of hydrogen-bond acceptors (Lipinski definition) is 6. The van der Waals surface area contributed by atoms with E-state index in [1.54, 1.807) is 0 Å². The first-order valence-corrected chi connectivity index (χ1v) is 28.1. The Morgan fingerprint density at radius 3 is 1.04 bits per heavy atom. The van der Waals surface area contributed by atoms with Crippen LogP contribution in [0.2, 0.25) is 0 Å². The molecule has 0 aliphatic rings. The highest BCUT2D eigenvalue weighted by atomic mass is 16.6. The number of carbonyl (C=O) groups excluding carboxylic acids is 3. The van der Waals surface area contributed by atoms with Gasteiger partial charge in [0.2, 0.25) is 0 Å². The predicted molar refractivity (Wildman–Crippen MR) is 288 cm³/mol. The van der Waals surface area contributed by atoms with Gasteiger partial charge in [0.05, 0.1) is 0 Å². The molecule has 1 atom stereocenters. The Morgan fingerprint density at radius 2 is 0.627 bits per heavy atom. The molecule has 0 spiro atoms. The molecule has 0 amide bonds. The smallest absolute Gasteiger partial charge is 0.306 e. The van der Waals surface area contributed by atoms with Crippen molar-refractivity contribution in [1.82, 2.24) is 0 Å². The Bertz CT molecular complexity index is 1300. The number of hydrogen-bond donors (Lipinski definition) is 0. The van der Waals surface area contributed by atoms with Crippen molar-refractivity contribution in [3.63, 3.8) is 0 Å². The summed E-state index contributed by atoms with van der Waals surface area (Å²) in [5.41, 5.74) is 0. The van der Waals surface area contributed by atoms with Crippen LogP contribution in [0.25, 0.3) is 0 Å². The lowest BCUT2D eigenvalue weighted by Crippen LogP contribution is -2.30.